The van der Waals surface area contributed by atoms with Gasteiger partial charge in [0.25, 0.3) is 0 Å². The van der Waals surface area contributed by atoms with Crippen molar-refractivity contribution in [1.29, 1.82) is 0 Å². The summed E-state index contributed by atoms with van der Waals surface area (Å²) in [4.78, 5) is 0. The van der Waals surface area contributed by atoms with E-state index in [0.717, 1.165) is 6.42 Å². The second-order valence-electron chi connectivity index (χ2n) is 4.49. The van der Waals surface area contributed by atoms with Crippen LogP contribution in [0.3, 0.4) is 0 Å². The van der Waals surface area contributed by atoms with E-state index in [0.29, 0.717) is 18.0 Å². The number of hydrogen-bond donors (Lipinski definition) is 2. The number of rotatable bonds is 4. The van der Waals surface area contributed by atoms with Crippen LogP contribution in [0.1, 0.15) is 51.9 Å². The van der Waals surface area contributed by atoms with E-state index in [1.165, 1.54) is 38.5 Å². The van der Waals surface area contributed by atoms with Crippen molar-refractivity contribution in [1.82, 2.24) is 0 Å². The molecule has 2 nitrogen and oxygen atoms in total. The zero-order valence-electron chi connectivity index (χ0n) is 8.84. The molecule has 0 radical (unpaired) electrons. The van der Waals surface area contributed by atoms with Gasteiger partial charge in [0.2, 0.25) is 0 Å². The van der Waals surface area contributed by atoms with Crippen molar-refractivity contribution in [2.24, 2.45) is 17.4 Å². The van der Waals surface area contributed by atoms with Crippen LogP contribution in [-0.2, 0) is 0 Å². The lowest BCUT2D eigenvalue weighted by atomic mass is 9.80. The average molecular weight is 184 g/mol. The van der Waals surface area contributed by atoms with Gasteiger partial charge >= 0.3 is 0 Å². The summed E-state index contributed by atoms with van der Waals surface area (Å²) in [6.45, 7) is 2.22. The predicted octanol–water partition coefficient (Wildman–Crippen LogP) is 2.02. The van der Waals surface area contributed by atoms with E-state index in [1.807, 2.05) is 0 Å². The zero-order chi connectivity index (χ0) is 9.68. The minimum absolute atomic E-state index is 0.409. The third-order valence-electron chi connectivity index (χ3n) is 3.25. The smallest absolute Gasteiger partial charge is 0.00677 e. The third-order valence-corrected chi connectivity index (χ3v) is 3.25. The second-order valence-corrected chi connectivity index (χ2v) is 4.49. The molecule has 1 aliphatic rings. The molecule has 0 aromatic heterocycles. The van der Waals surface area contributed by atoms with Crippen molar-refractivity contribution in [3.63, 3.8) is 0 Å². The SMILES string of the molecule is CCCCC(N)C1CCCC(N)C1. The molecule has 0 aromatic rings. The molecule has 0 heterocycles. The van der Waals surface area contributed by atoms with Gasteiger partial charge in [-0.25, -0.2) is 0 Å². The summed E-state index contributed by atoms with van der Waals surface area (Å²) < 4.78 is 0. The minimum Gasteiger partial charge on any atom is -0.328 e. The van der Waals surface area contributed by atoms with Crippen LogP contribution in [0.4, 0.5) is 0 Å². The maximum Gasteiger partial charge on any atom is 0.00677 e. The molecule has 0 aliphatic heterocycles. The van der Waals surface area contributed by atoms with Crippen molar-refractivity contribution < 1.29 is 0 Å². The van der Waals surface area contributed by atoms with Gasteiger partial charge in [-0.2, -0.15) is 0 Å². The summed E-state index contributed by atoms with van der Waals surface area (Å²) in [5, 5.41) is 0. The van der Waals surface area contributed by atoms with Crippen LogP contribution < -0.4 is 11.5 Å². The Balaban J connectivity index is 2.24. The summed E-state index contributed by atoms with van der Waals surface area (Å²) >= 11 is 0. The molecule has 0 aromatic carbocycles. The fraction of sp³-hybridized carbons (Fsp3) is 1.00. The Bertz CT molecular complexity index is 136. The Kier molecular flexibility index (Phi) is 4.74. The molecule has 1 fully saturated rings. The lowest BCUT2D eigenvalue weighted by Gasteiger charge is -2.31. The number of nitrogens with two attached hydrogens (primary N) is 2. The van der Waals surface area contributed by atoms with E-state index in [1.54, 1.807) is 0 Å². The highest BCUT2D eigenvalue weighted by atomic mass is 14.7. The molecule has 3 atom stereocenters. The average Bonchev–Trinajstić information content (AvgIpc) is 2.14. The topological polar surface area (TPSA) is 52.0 Å². The van der Waals surface area contributed by atoms with Gasteiger partial charge in [0.15, 0.2) is 0 Å². The van der Waals surface area contributed by atoms with Crippen LogP contribution in [0.15, 0.2) is 0 Å². The van der Waals surface area contributed by atoms with E-state index in [2.05, 4.69) is 6.92 Å². The first-order valence-electron chi connectivity index (χ1n) is 5.75. The lowest BCUT2D eigenvalue weighted by molar-refractivity contribution is 0.267. The monoisotopic (exact) mass is 184 g/mol. The lowest BCUT2D eigenvalue weighted by Crippen LogP contribution is -2.38. The van der Waals surface area contributed by atoms with Gasteiger partial charge in [0.1, 0.15) is 0 Å². The van der Waals surface area contributed by atoms with Gasteiger partial charge in [-0.05, 0) is 31.6 Å². The molecule has 0 amide bonds. The van der Waals surface area contributed by atoms with Crippen LogP contribution in [0.25, 0.3) is 0 Å². The van der Waals surface area contributed by atoms with Crippen molar-refractivity contribution in [2.75, 3.05) is 0 Å². The molecule has 3 unspecified atom stereocenters. The highest BCUT2D eigenvalue weighted by Gasteiger charge is 2.23. The van der Waals surface area contributed by atoms with Gasteiger partial charge in [-0.15, -0.1) is 0 Å². The Morgan fingerprint density at radius 1 is 1.38 bits per heavy atom. The van der Waals surface area contributed by atoms with E-state index >= 15 is 0 Å². The summed E-state index contributed by atoms with van der Waals surface area (Å²) in [7, 11) is 0. The van der Waals surface area contributed by atoms with Crippen LogP contribution in [0.5, 0.6) is 0 Å². The summed E-state index contributed by atoms with van der Waals surface area (Å²) in [6.07, 6.45) is 8.67. The van der Waals surface area contributed by atoms with Gasteiger partial charge in [-0.1, -0.05) is 26.2 Å². The van der Waals surface area contributed by atoms with Crippen molar-refractivity contribution >= 4 is 0 Å². The fourth-order valence-corrected chi connectivity index (χ4v) is 2.33. The van der Waals surface area contributed by atoms with E-state index in [-0.39, 0.29) is 0 Å². The standard InChI is InChI=1S/C11H24N2/c1-2-3-7-11(13)9-5-4-6-10(12)8-9/h9-11H,2-8,12-13H2,1H3. The molecule has 0 spiro atoms. The molecular weight excluding hydrogens is 160 g/mol. The normalized spacial score (nSPS) is 31.6. The van der Waals surface area contributed by atoms with E-state index in [4.69, 9.17) is 11.5 Å². The predicted molar refractivity (Wildman–Crippen MR) is 57.4 cm³/mol. The maximum atomic E-state index is 6.14. The van der Waals surface area contributed by atoms with Crippen LogP contribution >= 0.6 is 0 Å². The van der Waals surface area contributed by atoms with Gasteiger partial charge in [0, 0.05) is 12.1 Å². The van der Waals surface area contributed by atoms with Crippen LogP contribution in [0, 0.1) is 5.92 Å². The van der Waals surface area contributed by atoms with Gasteiger partial charge < -0.3 is 11.5 Å². The first-order chi connectivity index (χ1) is 6.24. The third kappa shape index (κ3) is 3.65. The summed E-state index contributed by atoms with van der Waals surface area (Å²) in [5.41, 5.74) is 12.1. The highest BCUT2D eigenvalue weighted by molar-refractivity contribution is 4.81. The first-order valence-corrected chi connectivity index (χ1v) is 5.75. The molecule has 1 saturated carbocycles. The maximum absolute atomic E-state index is 6.14. The Morgan fingerprint density at radius 3 is 2.77 bits per heavy atom. The zero-order valence-corrected chi connectivity index (χ0v) is 8.84. The Hall–Kier alpha value is -0.0800. The minimum atomic E-state index is 0.409. The molecule has 13 heavy (non-hydrogen) atoms. The summed E-state index contributed by atoms with van der Waals surface area (Å²) in [6, 6.07) is 0.831. The number of hydrogen-bond acceptors (Lipinski definition) is 2. The largest absolute Gasteiger partial charge is 0.328 e. The van der Waals surface area contributed by atoms with Crippen molar-refractivity contribution in [3.8, 4) is 0 Å². The number of unbranched alkanes of at least 4 members (excludes halogenated alkanes) is 1. The summed E-state index contributed by atoms with van der Waals surface area (Å²) in [5.74, 6) is 0.704. The quantitative estimate of drug-likeness (QED) is 0.702. The molecular formula is C11H24N2. The highest BCUT2D eigenvalue weighted by Crippen LogP contribution is 2.26. The Morgan fingerprint density at radius 2 is 2.15 bits per heavy atom. The molecule has 78 valence electrons. The van der Waals surface area contributed by atoms with Gasteiger partial charge in [-0.3, -0.25) is 0 Å². The Labute approximate surface area is 82.1 Å². The van der Waals surface area contributed by atoms with E-state index in [9.17, 15) is 0 Å². The van der Waals surface area contributed by atoms with Crippen molar-refractivity contribution in [2.45, 2.75) is 64.0 Å². The van der Waals surface area contributed by atoms with Crippen LogP contribution in [0.2, 0.25) is 0 Å². The molecule has 0 saturated heterocycles. The molecule has 0 bridgehead atoms. The van der Waals surface area contributed by atoms with Crippen LogP contribution in [-0.4, -0.2) is 12.1 Å². The van der Waals surface area contributed by atoms with Gasteiger partial charge in [0.05, 0.1) is 0 Å². The fourth-order valence-electron chi connectivity index (χ4n) is 2.33. The van der Waals surface area contributed by atoms with Crippen molar-refractivity contribution in [3.05, 3.63) is 0 Å². The molecule has 1 rings (SSSR count). The van der Waals surface area contributed by atoms with E-state index < -0.39 is 0 Å². The molecule has 1 aliphatic carbocycles. The molecule has 2 heteroatoms. The second kappa shape index (κ2) is 5.61. The molecule has 4 N–H and O–H groups in total. The first kappa shape index (κ1) is 11.0.